The monoisotopic (exact) mass is 344 g/mol. The van der Waals surface area contributed by atoms with Crippen LogP contribution in [0, 0.1) is 5.82 Å². The maximum atomic E-state index is 13.6. The van der Waals surface area contributed by atoms with Crippen molar-refractivity contribution in [3.63, 3.8) is 0 Å². The molecule has 0 unspecified atom stereocenters. The van der Waals surface area contributed by atoms with Crippen molar-refractivity contribution in [2.75, 3.05) is 11.1 Å². The second-order valence-electron chi connectivity index (χ2n) is 4.24. The first-order chi connectivity index (χ1) is 9.47. The van der Waals surface area contributed by atoms with Gasteiger partial charge in [-0.15, -0.1) is 0 Å². The molecule has 0 saturated heterocycles. The van der Waals surface area contributed by atoms with Gasteiger partial charge in [-0.1, -0.05) is 15.9 Å². The minimum Gasteiger partial charge on any atom is -0.399 e. The summed E-state index contributed by atoms with van der Waals surface area (Å²) in [6.45, 7) is 0.106. The summed E-state index contributed by atoms with van der Waals surface area (Å²) in [5.41, 5.74) is 6.19. The van der Waals surface area contributed by atoms with Crippen LogP contribution >= 0.6 is 15.9 Å². The van der Waals surface area contributed by atoms with Crippen molar-refractivity contribution in [2.24, 2.45) is 0 Å². The highest BCUT2D eigenvalue weighted by Crippen LogP contribution is 2.29. The van der Waals surface area contributed by atoms with Crippen molar-refractivity contribution < 1.29 is 13.2 Å². The molecule has 0 aliphatic rings. The van der Waals surface area contributed by atoms with Crippen molar-refractivity contribution in [3.8, 4) is 0 Å². The predicted octanol–water partition coefficient (Wildman–Crippen LogP) is 4.72. The number of anilines is 2. The lowest BCUT2D eigenvalue weighted by Crippen LogP contribution is -2.05. The molecule has 0 spiro atoms. The summed E-state index contributed by atoms with van der Waals surface area (Å²) in [6.07, 6.45) is -2.65. The van der Waals surface area contributed by atoms with E-state index in [-0.39, 0.29) is 23.5 Å². The number of alkyl halides is 2. The third kappa shape index (κ3) is 3.45. The molecule has 0 saturated carbocycles. The Balaban J connectivity index is 2.20. The third-order valence-corrected chi connectivity index (χ3v) is 3.28. The van der Waals surface area contributed by atoms with Gasteiger partial charge in [0.15, 0.2) is 0 Å². The Morgan fingerprint density at radius 2 is 1.90 bits per heavy atom. The number of nitrogens with two attached hydrogens (primary N) is 1. The topological polar surface area (TPSA) is 38.0 Å². The summed E-state index contributed by atoms with van der Waals surface area (Å²) < 4.78 is 40.1. The first-order valence-electron chi connectivity index (χ1n) is 5.82. The zero-order valence-electron chi connectivity index (χ0n) is 10.3. The summed E-state index contributed by atoms with van der Waals surface area (Å²) in [7, 11) is 0. The minimum atomic E-state index is -2.65. The van der Waals surface area contributed by atoms with Crippen molar-refractivity contribution >= 4 is 27.3 Å². The van der Waals surface area contributed by atoms with Gasteiger partial charge in [-0.3, -0.25) is 0 Å². The van der Waals surface area contributed by atoms with Crippen LogP contribution < -0.4 is 11.1 Å². The average molecular weight is 345 g/mol. The van der Waals surface area contributed by atoms with Gasteiger partial charge in [-0.25, -0.2) is 13.2 Å². The van der Waals surface area contributed by atoms with E-state index in [1.165, 1.54) is 24.3 Å². The van der Waals surface area contributed by atoms with Gasteiger partial charge in [0, 0.05) is 33.5 Å². The molecule has 0 heterocycles. The van der Waals surface area contributed by atoms with Crippen molar-refractivity contribution in [3.05, 3.63) is 57.8 Å². The lowest BCUT2D eigenvalue weighted by molar-refractivity contribution is 0.152. The number of halogens is 4. The molecule has 0 aliphatic carbocycles. The van der Waals surface area contributed by atoms with E-state index >= 15 is 0 Å². The molecule has 2 aromatic rings. The molecule has 0 amide bonds. The van der Waals surface area contributed by atoms with Crippen molar-refractivity contribution in [1.29, 1.82) is 0 Å². The molecular formula is C14H12BrF3N2. The molecule has 20 heavy (non-hydrogen) atoms. The Morgan fingerprint density at radius 1 is 1.15 bits per heavy atom. The maximum absolute atomic E-state index is 13.6. The molecule has 0 aliphatic heterocycles. The van der Waals surface area contributed by atoms with E-state index in [0.717, 1.165) is 4.47 Å². The molecule has 3 N–H and O–H groups in total. The van der Waals surface area contributed by atoms with Crippen LogP contribution in [0.5, 0.6) is 0 Å². The molecule has 0 bridgehead atoms. The van der Waals surface area contributed by atoms with Crippen LogP contribution in [0.2, 0.25) is 0 Å². The van der Waals surface area contributed by atoms with Gasteiger partial charge in [0.05, 0.1) is 0 Å². The van der Waals surface area contributed by atoms with Crippen LogP contribution in [-0.4, -0.2) is 0 Å². The fourth-order valence-electron chi connectivity index (χ4n) is 1.79. The van der Waals surface area contributed by atoms with E-state index in [0.29, 0.717) is 5.56 Å². The molecule has 2 nitrogen and oxygen atoms in total. The Labute approximate surface area is 122 Å². The highest BCUT2D eigenvalue weighted by Gasteiger charge is 2.13. The van der Waals surface area contributed by atoms with E-state index in [1.807, 2.05) is 0 Å². The average Bonchev–Trinajstić information content (AvgIpc) is 2.40. The molecule has 0 aromatic heterocycles. The smallest absolute Gasteiger partial charge is 0.265 e. The standard InChI is InChI=1S/C14H12BrF3N2/c15-9-1-3-12(16)8(5-9)7-20-13-4-2-10(19)6-11(13)14(17)18/h1-6,14,20H,7,19H2. The predicted molar refractivity (Wildman–Crippen MR) is 77.2 cm³/mol. The number of benzene rings is 2. The highest BCUT2D eigenvalue weighted by atomic mass is 79.9. The van der Waals surface area contributed by atoms with E-state index in [1.54, 1.807) is 12.1 Å². The summed E-state index contributed by atoms with van der Waals surface area (Å²) in [5, 5.41) is 2.81. The van der Waals surface area contributed by atoms with Crippen molar-refractivity contribution in [1.82, 2.24) is 0 Å². The molecule has 0 atom stereocenters. The van der Waals surface area contributed by atoms with E-state index in [2.05, 4.69) is 21.2 Å². The number of hydrogen-bond acceptors (Lipinski definition) is 2. The molecule has 0 radical (unpaired) electrons. The van der Waals surface area contributed by atoms with Crippen LogP contribution in [0.4, 0.5) is 24.5 Å². The van der Waals surface area contributed by atoms with E-state index < -0.39 is 12.2 Å². The Kier molecular flexibility index (Phi) is 4.54. The first kappa shape index (κ1) is 14.7. The lowest BCUT2D eigenvalue weighted by Gasteiger charge is -2.13. The van der Waals surface area contributed by atoms with Crippen LogP contribution in [0.25, 0.3) is 0 Å². The van der Waals surface area contributed by atoms with Gasteiger partial charge in [0.2, 0.25) is 0 Å². The maximum Gasteiger partial charge on any atom is 0.265 e. The van der Waals surface area contributed by atoms with Gasteiger partial charge in [0.1, 0.15) is 5.82 Å². The normalized spacial score (nSPS) is 10.8. The van der Waals surface area contributed by atoms with Crippen LogP contribution in [-0.2, 0) is 6.54 Å². The second-order valence-corrected chi connectivity index (χ2v) is 5.15. The first-order valence-corrected chi connectivity index (χ1v) is 6.62. The van der Waals surface area contributed by atoms with Crippen LogP contribution in [0.1, 0.15) is 17.6 Å². The van der Waals surface area contributed by atoms with E-state index in [9.17, 15) is 13.2 Å². The van der Waals surface area contributed by atoms with Gasteiger partial charge in [-0.2, -0.15) is 0 Å². The zero-order valence-corrected chi connectivity index (χ0v) is 11.9. The Morgan fingerprint density at radius 3 is 2.60 bits per heavy atom. The molecule has 6 heteroatoms. The van der Waals surface area contributed by atoms with Gasteiger partial charge in [0.25, 0.3) is 6.43 Å². The number of hydrogen-bond donors (Lipinski definition) is 2. The number of rotatable bonds is 4. The Bertz CT molecular complexity index is 617. The minimum absolute atomic E-state index is 0.106. The van der Waals surface area contributed by atoms with Crippen LogP contribution in [0.15, 0.2) is 40.9 Å². The summed E-state index contributed by atoms with van der Waals surface area (Å²) in [6, 6.07) is 8.69. The molecular weight excluding hydrogens is 333 g/mol. The lowest BCUT2D eigenvalue weighted by atomic mass is 10.1. The highest BCUT2D eigenvalue weighted by molar-refractivity contribution is 9.10. The number of nitrogens with one attached hydrogen (secondary N) is 1. The molecule has 2 rings (SSSR count). The largest absolute Gasteiger partial charge is 0.399 e. The second kappa shape index (κ2) is 6.17. The zero-order chi connectivity index (χ0) is 14.7. The molecule has 106 valence electrons. The van der Waals surface area contributed by atoms with Gasteiger partial charge >= 0.3 is 0 Å². The number of nitrogen functional groups attached to an aromatic ring is 1. The third-order valence-electron chi connectivity index (χ3n) is 2.79. The molecule has 0 fully saturated rings. The molecule has 2 aromatic carbocycles. The quantitative estimate of drug-likeness (QED) is 0.787. The summed E-state index contributed by atoms with van der Waals surface area (Å²) in [4.78, 5) is 0. The SMILES string of the molecule is Nc1ccc(NCc2cc(Br)ccc2F)c(C(F)F)c1. The Hall–Kier alpha value is -1.69. The van der Waals surface area contributed by atoms with Crippen molar-refractivity contribution in [2.45, 2.75) is 13.0 Å². The van der Waals surface area contributed by atoms with Gasteiger partial charge in [-0.05, 0) is 36.4 Å². The van der Waals surface area contributed by atoms with Gasteiger partial charge < -0.3 is 11.1 Å². The summed E-state index contributed by atoms with van der Waals surface area (Å²) >= 11 is 3.24. The fraction of sp³-hybridized carbons (Fsp3) is 0.143. The fourth-order valence-corrected chi connectivity index (χ4v) is 2.20. The van der Waals surface area contributed by atoms with Crippen LogP contribution in [0.3, 0.4) is 0 Å². The summed E-state index contributed by atoms with van der Waals surface area (Å²) in [5.74, 6) is -0.394. The van der Waals surface area contributed by atoms with E-state index in [4.69, 9.17) is 5.73 Å².